The number of aromatic nitrogens is 2. The number of rotatable bonds is 16. The quantitative estimate of drug-likeness (QED) is 0.102. The summed E-state index contributed by atoms with van der Waals surface area (Å²) in [5.41, 5.74) is -0.629. The van der Waals surface area contributed by atoms with E-state index in [1.807, 2.05) is 26.0 Å². The van der Waals surface area contributed by atoms with E-state index in [1.54, 1.807) is 13.0 Å². The lowest BCUT2D eigenvalue weighted by molar-refractivity contribution is -0.166. The first-order valence-electron chi connectivity index (χ1n) is 15.2. The van der Waals surface area contributed by atoms with Crippen LogP contribution in [0.5, 0.6) is 0 Å². The minimum Gasteiger partial charge on any atom is -0.481 e. The summed E-state index contributed by atoms with van der Waals surface area (Å²) in [6.07, 6.45) is -7.43. The number of carboxylic acids is 1. The molecule has 1 atom stereocenters. The van der Waals surface area contributed by atoms with E-state index < -0.39 is 35.7 Å². The molecule has 0 fully saturated rings. The number of carbonyl (C=O) groups is 2. The third-order valence-electron chi connectivity index (χ3n) is 7.55. The third-order valence-corrected chi connectivity index (χ3v) is 8.18. The van der Waals surface area contributed by atoms with Gasteiger partial charge in [0.2, 0.25) is 11.0 Å². The van der Waals surface area contributed by atoms with Gasteiger partial charge in [-0.15, -0.1) is 10.2 Å². The Kier molecular flexibility index (Phi) is 11.3. The van der Waals surface area contributed by atoms with Gasteiger partial charge in [-0.05, 0) is 60.9 Å². The summed E-state index contributed by atoms with van der Waals surface area (Å²) in [6, 6.07) is 10.3. The molecule has 48 heavy (non-hydrogen) atoms. The van der Waals surface area contributed by atoms with Crippen LogP contribution in [0, 0.1) is 5.92 Å². The molecule has 0 aliphatic carbocycles. The van der Waals surface area contributed by atoms with E-state index in [1.165, 1.54) is 24.3 Å². The third kappa shape index (κ3) is 9.20. The zero-order valence-electron chi connectivity index (χ0n) is 26.3. The van der Waals surface area contributed by atoms with Gasteiger partial charge in [0.1, 0.15) is 0 Å². The summed E-state index contributed by atoms with van der Waals surface area (Å²) in [7, 11) is 0. The molecule has 1 amide bonds. The van der Waals surface area contributed by atoms with Gasteiger partial charge in [-0.25, -0.2) is 0 Å². The molecule has 1 aromatic heterocycles. The second-order valence-corrected chi connectivity index (χ2v) is 12.7. The van der Waals surface area contributed by atoms with Gasteiger partial charge < -0.3 is 20.6 Å². The standard InChI is InChI=1S/C31H35F6N7O3S/c1-18(2)17-44(14-6-4-5-13-38-26(47)20-7-10-22(11-8-20)29(42-43-29)31(35,36)37)24-12-9-21(19(3)15-25(45)46)16-23(24)39-28-40-27(41-48-28)30(32,33)34/h7-12,16,18-19H,4-6,13-15,17H2,1-3H3,(H,38,47)(H,45,46)(H,39,40,41)/t19-/m1/s1. The topological polar surface area (TPSA) is 132 Å². The number of alkyl halides is 6. The van der Waals surface area contributed by atoms with Crippen molar-refractivity contribution in [3.63, 3.8) is 0 Å². The molecule has 10 nitrogen and oxygen atoms in total. The Morgan fingerprint density at radius 2 is 1.67 bits per heavy atom. The maximum Gasteiger partial charge on any atom is 0.452 e. The molecule has 3 aromatic rings. The average Bonchev–Trinajstić information content (AvgIpc) is 3.69. The highest BCUT2D eigenvalue weighted by Gasteiger charge is 2.65. The average molecular weight is 700 g/mol. The highest BCUT2D eigenvalue weighted by Crippen LogP contribution is 2.52. The van der Waals surface area contributed by atoms with Crippen molar-refractivity contribution in [3.05, 3.63) is 65.0 Å². The maximum absolute atomic E-state index is 13.2. The van der Waals surface area contributed by atoms with Crippen molar-refractivity contribution in [1.29, 1.82) is 0 Å². The van der Waals surface area contributed by atoms with Gasteiger partial charge in [-0.3, -0.25) is 9.59 Å². The van der Waals surface area contributed by atoms with Crippen LogP contribution in [0.2, 0.25) is 0 Å². The molecule has 1 aliphatic rings. The lowest BCUT2D eigenvalue weighted by atomic mass is 9.96. The lowest BCUT2D eigenvalue weighted by Gasteiger charge is -2.29. The number of unbranched alkanes of at least 4 members (excludes halogenated alkanes) is 2. The number of hydrogen-bond donors (Lipinski definition) is 3. The van der Waals surface area contributed by atoms with Crippen molar-refractivity contribution in [2.45, 2.75) is 70.4 Å². The zero-order chi connectivity index (χ0) is 35.3. The summed E-state index contributed by atoms with van der Waals surface area (Å²) >= 11 is 0.571. The van der Waals surface area contributed by atoms with Crippen LogP contribution in [0.1, 0.15) is 79.7 Å². The van der Waals surface area contributed by atoms with Gasteiger partial charge in [-0.1, -0.05) is 39.0 Å². The molecular formula is C31H35F6N7O3S. The number of benzene rings is 2. The lowest BCUT2D eigenvalue weighted by Crippen LogP contribution is -2.30. The second kappa shape index (κ2) is 14.9. The molecule has 0 radical (unpaired) electrons. The van der Waals surface area contributed by atoms with Crippen LogP contribution in [0.15, 0.2) is 52.7 Å². The van der Waals surface area contributed by atoms with Crippen molar-refractivity contribution in [3.8, 4) is 0 Å². The van der Waals surface area contributed by atoms with E-state index in [-0.39, 0.29) is 34.5 Å². The molecule has 17 heteroatoms. The smallest absolute Gasteiger partial charge is 0.452 e. The van der Waals surface area contributed by atoms with E-state index in [0.717, 1.165) is 0 Å². The number of halogens is 6. The van der Waals surface area contributed by atoms with Crippen LogP contribution in [0.3, 0.4) is 0 Å². The first kappa shape index (κ1) is 36.6. The van der Waals surface area contributed by atoms with Crippen molar-refractivity contribution in [2.75, 3.05) is 29.9 Å². The molecule has 1 aliphatic heterocycles. The van der Waals surface area contributed by atoms with Crippen molar-refractivity contribution in [2.24, 2.45) is 16.1 Å². The van der Waals surface area contributed by atoms with E-state index in [9.17, 15) is 41.0 Å². The SMILES string of the molecule is CC(C)CN(CCCCCNC(=O)c1ccc(C2(C(F)(F)F)N=N2)cc1)c1ccc([C@H](C)CC(=O)O)cc1Nc1nc(C(F)(F)F)ns1. The Morgan fingerprint density at radius 1 is 0.979 bits per heavy atom. The fraction of sp³-hybridized carbons (Fsp3) is 0.484. The summed E-state index contributed by atoms with van der Waals surface area (Å²) in [4.78, 5) is 29.6. The van der Waals surface area contributed by atoms with Crippen molar-refractivity contribution < 1.29 is 41.0 Å². The predicted octanol–water partition coefficient (Wildman–Crippen LogP) is 8.12. The molecule has 260 valence electrons. The minimum atomic E-state index is -4.70. The van der Waals surface area contributed by atoms with Gasteiger partial charge in [0, 0.05) is 42.3 Å². The summed E-state index contributed by atoms with van der Waals surface area (Å²) in [5, 5.41) is 21.3. The first-order chi connectivity index (χ1) is 22.5. The number of carboxylic acid groups (broad SMARTS) is 1. The Bertz CT molecular complexity index is 1600. The zero-order valence-corrected chi connectivity index (χ0v) is 27.1. The van der Waals surface area contributed by atoms with E-state index in [4.69, 9.17) is 0 Å². The molecule has 4 rings (SSSR count). The number of carbonyl (C=O) groups excluding carboxylic acids is 1. The van der Waals surface area contributed by atoms with Crippen LogP contribution < -0.4 is 15.5 Å². The number of anilines is 3. The van der Waals surface area contributed by atoms with Crippen LogP contribution in [0.4, 0.5) is 42.8 Å². The van der Waals surface area contributed by atoms with Crippen LogP contribution in [-0.2, 0) is 16.6 Å². The number of hydrogen-bond acceptors (Lipinski definition) is 9. The van der Waals surface area contributed by atoms with Crippen molar-refractivity contribution in [1.82, 2.24) is 14.7 Å². The van der Waals surface area contributed by atoms with E-state index in [2.05, 4.69) is 35.1 Å². The summed E-state index contributed by atoms with van der Waals surface area (Å²) in [5.74, 6) is -2.79. The fourth-order valence-electron chi connectivity index (χ4n) is 5.08. The predicted molar refractivity (Wildman–Crippen MR) is 168 cm³/mol. The Hall–Kier alpha value is -4.28. The first-order valence-corrected chi connectivity index (χ1v) is 16.0. The highest BCUT2D eigenvalue weighted by atomic mass is 32.1. The monoisotopic (exact) mass is 699 g/mol. The minimum absolute atomic E-state index is 0.0566. The van der Waals surface area contributed by atoms with Crippen LogP contribution >= 0.6 is 11.5 Å². The summed E-state index contributed by atoms with van der Waals surface area (Å²) in [6.45, 7) is 7.34. The van der Waals surface area contributed by atoms with Gasteiger partial charge in [0.25, 0.3) is 5.91 Å². The molecule has 0 spiro atoms. The van der Waals surface area contributed by atoms with Gasteiger partial charge in [-0.2, -0.15) is 35.7 Å². The summed E-state index contributed by atoms with van der Waals surface area (Å²) < 4.78 is 82.5. The molecule has 0 unspecified atom stereocenters. The molecule has 0 bridgehead atoms. The normalized spacial score (nSPS) is 14.5. The Morgan fingerprint density at radius 3 is 2.23 bits per heavy atom. The largest absolute Gasteiger partial charge is 0.481 e. The van der Waals surface area contributed by atoms with E-state index in [0.29, 0.717) is 67.4 Å². The van der Waals surface area contributed by atoms with E-state index >= 15 is 0 Å². The number of amides is 1. The molecule has 2 heterocycles. The van der Waals surface area contributed by atoms with Crippen LogP contribution in [0.25, 0.3) is 0 Å². The number of aliphatic carboxylic acids is 1. The molecule has 2 aromatic carbocycles. The van der Waals surface area contributed by atoms with Gasteiger partial charge >= 0.3 is 24.0 Å². The maximum atomic E-state index is 13.2. The van der Waals surface area contributed by atoms with Crippen molar-refractivity contribution >= 4 is 39.9 Å². The number of nitrogens with zero attached hydrogens (tertiary/aromatic N) is 5. The molecular weight excluding hydrogens is 664 g/mol. The Labute approximate surface area is 276 Å². The second-order valence-electron chi connectivity index (χ2n) is 11.9. The highest BCUT2D eigenvalue weighted by molar-refractivity contribution is 7.09. The fourth-order valence-corrected chi connectivity index (χ4v) is 5.68. The molecule has 3 N–H and O–H groups in total. The van der Waals surface area contributed by atoms with Crippen LogP contribution in [-0.4, -0.2) is 52.2 Å². The molecule has 0 saturated heterocycles. The number of nitrogens with one attached hydrogen (secondary N) is 2. The van der Waals surface area contributed by atoms with Gasteiger partial charge in [0.15, 0.2) is 0 Å². The molecule has 0 saturated carbocycles. The Balaban J connectivity index is 1.38. The van der Waals surface area contributed by atoms with Gasteiger partial charge in [0.05, 0.1) is 17.8 Å².